The van der Waals surface area contributed by atoms with E-state index in [1.54, 1.807) is 7.05 Å². The van der Waals surface area contributed by atoms with Gasteiger partial charge in [-0.1, -0.05) is 6.92 Å². The van der Waals surface area contributed by atoms with Crippen molar-refractivity contribution in [2.45, 2.75) is 6.92 Å². The number of hydrogen-bond donors (Lipinski definition) is 2. The SMILES string of the molecule is CCN(C)CCNc1nc(NC)ncc1[N+](=O)[O-]. The topological polar surface area (TPSA) is 96.2 Å². The Morgan fingerprint density at radius 1 is 1.56 bits per heavy atom. The first kappa shape index (κ1) is 14.1. The van der Waals surface area contributed by atoms with Gasteiger partial charge in [-0.05, 0) is 13.6 Å². The molecule has 100 valence electrons. The molecule has 0 amide bonds. The molecule has 0 aromatic carbocycles. The van der Waals surface area contributed by atoms with Crippen LogP contribution in [0, 0.1) is 10.1 Å². The lowest BCUT2D eigenvalue weighted by molar-refractivity contribution is -0.384. The molecule has 1 heterocycles. The third kappa shape index (κ3) is 3.81. The number of nitrogens with zero attached hydrogens (tertiary/aromatic N) is 4. The summed E-state index contributed by atoms with van der Waals surface area (Å²) in [6, 6.07) is 0. The van der Waals surface area contributed by atoms with Crippen molar-refractivity contribution in [1.82, 2.24) is 14.9 Å². The number of nitrogens with one attached hydrogen (secondary N) is 2. The van der Waals surface area contributed by atoms with Gasteiger partial charge in [-0.25, -0.2) is 4.98 Å². The summed E-state index contributed by atoms with van der Waals surface area (Å²) in [5.41, 5.74) is -0.117. The third-order valence-corrected chi connectivity index (χ3v) is 2.52. The van der Waals surface area contributed by atoms with E-state index in [-0.39, 0.29) is 11.5 Å². The predicted octanol–water partition coefficient (Wildman–Crippen LogP) is 0.790. The molecule has 1 aromatic rings. The predicted molar refractivity (Wildman–Crippen MR) is 69.9 cm³/mol. The summed E-state index contributed by atoms with van der Waals surface area (Å²) >= 11 is 0. The van der Waals surface area contributed by atoms with E-state index >= 15 is 0 Å². The van der Waals surface area contributed by atoms with E-state index in [1.807, 2.05) is 14.0 Å². The van der Waals surface area contributed by atoms with Crippen LogP contribution < -0.4 is 10.6 Å². The van der Waals surface area contributed by atoms with E-state index < -0.39 is 4.92 Å². The fraction of sp³-hybridized carbons (Fsp3) is 0.600. The van der Waals surface area contributed by atoms with Crippen LogP contribution in [0.25, 0.3) is 0 Å². The standard InChI is InChI=1S/C10H18N6O2/c1-4-15(3)6-5-12-9-8(16(17)18)7-13-10(11-2)14-9/h7H,4-6H2,1-3H3,(H2,11,12,13,14). The smallest absolute Gasteiger partial charge is 0.329 e. The molecule has 0 radical (unpaired) electrons. The van der Waals surface area contributed by atoms with Crippen LogP contribution in [-0.2, 0) is 0 Å². The molecule has 0 atom stereocenters. The van der Waals surface area contributed by atoms with Crippen molar-refractivity contribution in [3.05, 3.63) is 16.3 Å². The Kier molecular flexibility index (Phi) is 5.25. The van der Waals surface area contributed by atoms with Crippen LogP contribution in [0.1, 0.15) is 6.92 Å². The van der Waals surface area contributed by atoms with E-state index in [1.165, 1.54) is 6.20 Å². The van der Waals surface area contributed by atoms with Crippen molar-refractivity contribution in [3.8, 4) is 0 Å². The summed E-state index contributed by atoms with van der Waals surface area (Å²) < 4.78 is 0. The monoisotopic (exact) mass is 254 g/mol. The summed E-state index contributed by atoms with van der Waals surface area (Å²) in [7, 11) is 3.64. The van der Waals surface area contributed by atoms with E-state index in [2.05, 4.69) is 25.5 Å². The van der Waals surface area contributed by atoms with E-state index in [0.29, 0.717) is 12.5 Å². The molecule has 8 heteroatoms. The van der Waals surface area contributed by atoms with Gasteiger partial charge in [0.25, 0.3) is 0 Å². The highest BCUT2D eigenvalue weighted by Gasteiger charge is 2.16. The van der Waals surface area contributed by atoms with Gasteiger partial charge < -0.3 is 15.5 Å². The number of anilines is 2. The summed E-state index contributed by atoms with van der Waals surface area (Å²) in [6.45, 7) is 4.35. The van der Waals surface area contributed by atoms with Gasteiger partial charge >= 0.3 is 5.69 Å². The molecule has 0 spiro atoms. The quantitative estimate of drug-likeness (QED) is 0.548. The highest BCUT2D eigenvalue weighted by Crippen LogP contribution is 2.21. The molecule has 0 unspecified atom stereocenters. The molecule has 0 aliphatic heterocycles. The summed E-state index contributed by atoms with van der Waals surface area (Å²) in [5, 5.41) is 16.5. The first-order valence-corrected chi connectivity index (χ1v) is 5.70. The first-order valence-electron chi connectivity index (χ1n) is 5.70. The molecule has 0 bridgehead atoms. The van der Waals surface area contributed by atoms with Crippen LogP contribution in [0.5, 0.6) is 0 Å². The molecule has 2 N–H and O–H groups in total. The van der Waals surface area contributed by atoms with Crippen molar-refractivity contribution >= 4 is 17.5 Å². The molecule has 1 rings (SSSR count). The molecule has 0 saturated carbocycles. The number of likely N-dealkylation sites (N-methyl/N-ethyl adjacent to an activating group) is 1. The molecule has 1 aromatic heterocycles. The van der Waals surface area contributed by atoms with Crippen LogP contribution in [-0.4, -0.2) is 53.5 Å². The number of rotatable bonds is 7. The van der Waals surface area contributed by atoms with Crippen LogP contribution in [0.2, 0.25) is 0 Å². The van der Waals surface area contributed by atoms with Crippen LogP contribution >= 0.6 is 0 Å². The zero-order valence-electron chi connectivity index (χ0n) is 10.8. The van der Waals surface area contributed by atoms with Gasteiger partial charge in [-0.2, -0.15) is 4.98 Å². The van der Waals surface area contributed by atoms with Gasteiger partial charge in [0.2, 0.25) is 11.8 Å². The summed E-state index contributed by atoms with van der Waals surface area (Å²) in [4.78, 5) is 20.3. The Hall–Kier alpha value is -1.96. The zero-order chi connectivity index (χ0) is 13.5. The maximum absolute atomic E-state index is 10.8. The number of aromatic nitrogens is 2. The minimum Gasteiger partial charge on any atom is -0.363 e. The van der Waals surface area contributed by atoms with Crippen LogP contribution in [0.4, 0.5) is 17.5 Å². The maximum Gasteiger partial charge on any atom is 0.329 e. The second kappa shape index (κ2) is 6.70. The number of nitro groups is 1. The fourth-order valence-corrected chi connectivity index (χ4v) is 1.28. The Labute approximate surface area is 106 Å². The van der Waals surface area contributed by atoms with Gasteiger partial charge in [-0.15, -0.1) is 0 Å². The lowest BCUT2D eigenvalue weighted by Gasteiger charge is -2.14. The Bertz CT molecular complexity index is 411. The molecule has 0 aliphatic carbocycles. The maximum atomic E-state index is 10.8. The average molecular weight is 254 g/mol. The molecule has 8 nitrogen and oxygen atoms in total. The van der Waals surface area contributed by atoms with Gasteiger partial charge in [0, 0.05) is 20.1 Å². The number of hydrogen-bond acceptors (Lipinski definition) is 7. The second-order valence-corrected chi connectivity index (χ2v) is 3.76. The van der Waals surface area contributed by atoms with Crippen molar-refractivity contribution in [2.24, 2.45) is 0 Å². The Balaban J connectivity index is 2.75. The van der Waals surface area contributed by atoms with Gasteiger partial charge in [0.05, 0.1) is 4.92 Å². The molecule has 0 saturated heterocycles. The van der Waals surface area contributed by atoms with Crippen molar-refractivity contribution in [1.29, 1.82) is 0 Å². The van der Waals surface area contributed by atoms with Crippen molar-refractivity contribution < 1.29 is 4.92 Å². The lowest BCUT2D eigenvalue weighted by Crippen LogP contribution is -2.25. The van der Waals surface area contributed by atoms with Gasteiger partial charge in [0.15, 0.2) is 0 Å². The third-order valence-electron chi connectivity index (χ3n) is 2.52. The second-order valence-electron chi connectivity index (χ2n) is 3.76. The first-order chi connectivity index (χ1) is 8.58. The Morgan fingerprint density at radius 2 is 2.28 bits per heavy atom. The normalized spacial score (nSPS) is 10.4. The minimum absolute atomic E-state index is 0.117. The summed E-state index contributed by atoms with van der Waals surface area (Å²) in [6.07, 6.45) is 1.20. The zero-order valence-corrected chi connectivity index (χ0v) is 10.8. The lowest BCUT2D eigenvalue weighted by atomic mass is 10.4. The molecular weight excluding hydrogens is 236 g/mol. The molecule has 0 fully saturated rings. The molecule has 18 heavy (non-hydrogen) atoms. The van der Waals surface area contributed by atoms with Crippen molar-refractivity contribution in [3.63, 3.8) is 0 Å². The molecule has 0 aliphatic rings. The highest BCUT2D eigenvalue weighted by atomic mass is 16.6. The fourth-order valence-electron chi connectivity index (χ4n) is 1.28. The van der Waals surface area contributed by atoms with E-state index in [0.717, 1.165) is 13.1 Å². The largest absolute Gasteiger partial charge is 0.363 e. The average Bonchev–Trinajstić information content (AvgIpc) is 2.37. The highest BCUT2D eigenvalue weighted by molar-refractivity contribution is 5.56. The van der Waals surface area contributed by atoms with Gasteiger partial charge in [-0.3, -0.25) is 10.1 Å². The van der Waals surface area contributed by atoms with Crippen LogP contribution in [0.3, 0.4) is 0 Å². The molecular formula is C10H18N6O2. The Morgan fingerprint density at radius 3 is 2.83 bits per heavy atom. The van der Waals surface area contributed by atoms with E-state index in [9.17, 15) is 10.1 Å². The van der Waals surface area contributed by atoms with Crippen molar-refractivity contribution in [2.75, 3.05) is 44.4 Å². The van der Waals surface area contributed by atoms with Gasteiger partial charge in [0.1, 0.15) is 6.20 Å². The van der Waals surface area contributed by atoms with Crippen LogP contribution in [0.15, 0.2) is 6.20 Å². The van der Waals surface area contributed by atoms with E-state index in [4.69, 9.17) is 0 Å². The minimum atomic E-state index is -0.495. The summed E-state index contributed by atoms with van der Waals surface area (Å²) in [5.74, 6) is 0.593.